The van der Waals surface area contributed by atoms with Crippen molar-refractivity contribution in [1.29, 1.82) is 0 Å². The average molecular weight is 434 g/mol. The zero-order valence-electron chi connectivity index (χ0n) is 17.3. The molecule has 30 heavy (non-hydrogen) atoms. The number of non-ortho nitro benzene ring substituents is 1. The molecule has 2 atom stereocenters. The van der Waals surface area contributed by atoms with Crippen LogP contribution >= 0.6 is 0 Å². The van der Waals surface area contributed by atoms with Gasteiger partial charge < -0.3 is 5.32 Å². The van der Waals surface area contributed by atoms with Crippen LogP contribution in [-0.4, -0.2) is 37.6 Å². The van der Waals surface area contributed by atoms with E-state index in [1.807, 2.05) is 37.3 Å². The SMILES string of the molecule is CC[C@H](C(=O)N[C@H](C)CCc1ccccc1)N(c1cccc([N+](=O)[O-])c1)S(C)(=O)=O. The third-order valence-corrected chi connectivity index (χ3v) is 5.90. The van der Waals surface area contributed by atoms with Crippen molar-refractivity contribution in [2.45, 2.75) is 45.2 Å². The Morgan fingerprint density at radius 2 is 1.83 bits per heavy atom. The van der Waals surface area contributed by atoms with Crippen molar-refractivity contribution in [1.82, 2.24) is 5.32 Å². The highest BCUT2D eigenvalue weighted by Gasteiger charge is 2.32. The van der Waals surface area contributed by atoms with E-state index in [4.69, 9.17) is 0 Å². The van der Waals surface area contributed by atoms with Gasteiger partial charge in [-0.25, -0.2) is 8.42 Å². The van der Waals surface area contributed by atoms with E-state index in [-0.39, 0.29) is 23.8 Å². The lowest BCUT2D eigenvalue weighted by Gasteiger charge is -2.31. The van der Waals surface area contributed by atoms with Crippen LogP contribution < -0.4 is 9.62 Å². The van der Waals surface area contributed by atoms with Crippen molar-refractivity contribution in [3.05, 3.63) is 70.3 Å². The summed E-state index contributed by atoms with van der Waals surface area (Å²) in [6.07, 6.45) is 2.68. The van der Waals surface area contributed by atoms with E-state index in [9.17, 15) is 23.3 Å². The maximum atomic E-state index is 12.9. The summed E-state index contributed by atoms with van der Waals surface area (Å²) < 4.78 is 25.9. The number of carbonyl (C=O) groups excluding carboxylic acids is 1. The molecule has 0 bridgehead atoms. The Bertz CT molecular complexity index is 979. The number of anilines is 1. The molecule has 1 N–H and O–H groups in total. The second kappa shape index (κ2) is 10.2. The molecule has 0 aliphatic rings. The van der Waals surface area contributed by atoms with Gasteiger partial charge in [0.2, 0.25) is 15.9 Å². The number of sulfonamides is 1. The molecule has 0 unspecified atom stereocenters. The van der Waals surface area contributed by atoms with Gasteiger partial charge in [0.25, 0.3) is 5.69 Å². The van der Waals surface area contributed by atoms with Crippen molar-refractivity contribution in [3.63, 3.8) is 0 Å². The summed E-state index contributed by atoms with van der Waals surface area (Å²) in [5.74, 6) is -0.435. The highest BCUT2D eigenvalue weighted by atomic mass is 32.2. The summed E-state index contributed by atoms with van der Waals surface area (Å²) in [6, 6.07) is 14.0. The lowest BCUT2D eigenvalue weighted by atomic mass is 10.1. The molecule has 2 rings (SSSR count). The Kier molecular flexibility index (Phi) is 7.93. The first-order valence-electron chi connectivity index (χ1n) is 9.71. The number of aryl methyl sites for hydroxylation is 1. The molecule has 0 spiro atoms. The normalized spacial score (nSPS) is 13.3. The first-order chi connectivity index (χ1) is 14.1. The zero-order chi connectivity index (χ0) is 22.3. The fourth-order valence-corrected chi connectivity index (χ4v) is 4.45. The molecule has 0 aliphatic carbocycles. The van der Waals surface area contributed by atoms with Crippen molar-refractivity contribution < 1.29 is 18.1 Å². The van der Waals surface area contributed by atoms with E-state index in [0.717, 1.165) is 28.6 Å². The fraction of sp³-hybridized carbons (Fsp3) is 0.381. The third-order valence-electron chi connectivity index (χ3n) is 4.72. The van der Waals surface area contributed by atoms with Crippen LogP contribution in [0.25, 0.3) is 0 Å². The number of hydrogen-bond acceptors (Lipinski definition) is 5. The second-order valence-electron chi connectivity index (χ2n) is 7.19. The van der Waals surface area contributed by atoms with E-state index in [1.165, 1.54) is 18.2 Å². The maximum Gasteiger partial charge on any atom is 0.271 e. The van der Waals surface area contributed by atoms with E-state index in [1.54, 1.807) is 6.92 Å². The van der Waals surface area contributed by atoms with Crippen molar-refractivity contribution in [2.75, 3.05) is 10.6 Å². The number of nitro benzene ring substituents is 1. The van der Waals surface area contributed by atoms with Gasteiger partial charge in [-0.1, -0.05) is 43.3 Å². The molecule has 0 saturated heterocycles. The fourth-order valence-electron chi connectivity index (χ4n) is 3.24. The van der Waals surface area contributed by atoms with Gasteiger partial charge in [-0.05, 0) is 37.8 Å². The Morgan fingerprint density at radius 1 is 1.17 bits per heavy atom. The lowest BCUT2D eigenvalue weighted by molar-refractivity contribution is -0.384. The van der Waals surface area contributed by atoms with E-state index >= 15 is 0 Å². The molecule has 0 saturated carbocycles. The Morgan fingerprint density at radius 3 is 2.40 bits per heavy atom. The highest BCUT2D eigenvalue weighted by Crippen LogP contribution is 2.26. The number of amides is 1. The molecular weight excluding hydrogens is 406 g/mol. The van der Waals surface area contributed by atoms with Gasteiger partial charge in [-0.2, -0.15) is 0 Å². The van der Waals surface area contributed by atoms with Crippen LogP contribution in [0.2, 0.25) is 0 Å². The Labute approximate surface area is 177 Å². The Hall–Kier alpha value is -2.94. The minimum absolute atomic E-state index is 0.0886. The molecular formula is C21H27N3O5S. The number of benzene rings is 2. The van der Waals surface area contributed by atoms with Crippen LogP contribution in [0.15, 0.2) is 54.6 Å². The Balaban J connectivity index is 2.19. The summed E-state index contributed by atoms with van der Waals surface area (Å²) >= 11 is 0. The average Bonchev–Trinajstić information content (AvgIpc) is 2.70. The molecule has 0 aromatic heterocycles. The number of nitrogens with one attached hydrogen (secondary N) is 1. The maximum absolute atomic E-state index is 12.9. The molecule has 0 aliphatic heterocycles. The van der Waals surface area contributed by atoms with Crippen LogP contribution in [-0.2, 0) is 21.2 Å². The molecule has 2 aromatic carbocycles. The summed E-state index contributed by atoms with van der Waals surface area (Å²) in [5.41, 5.74) is 0.998. The van der Waals surface area contributed by atoms with Gasteiger partial charge in [-0.15, -0.1) is 0 Å². The molecule has 0 heterocycles. The van der Waals surface area contributed by atoms with Gasteiger partial charge in [0, 0.05) is 18.2 Å². The quantitative estimate of drug-likeness (QED) is 0.457. The molecule has 9 heteroatoms. The van der Waals surface area contributed by atoms with Crippen molar-refractivity contribution in [3.8, 4) is 0 Å². The van der Waals surface area contributed by atoms with Crippen LogP contribution in [0.3, 0.4) is 0 Å². The molecule has 0 radical (unpaired) electrons. The van der Waals surface area contributed by atoms with Gasteiger partial charge in [-0.3, -0.25) is 19.2 Å². The van der Waals surface area contributed by atoms with Gasteiger partial charge >= 0.3 is 0 Å². The summed E-state index contributed by atoms with van der Waals surface area (Å²) in [4.78, 5) is 23.4. The van der Waals surface area contributed by atoms with E-state index < -0.39 is 26.9 Å². The first-order valence-corrected chi connectivity index (χ1v) is 11.6. The van der Waals surface area contributed by atoms with Crippen molar-refractivity contribution >= 4 is 27.3 Å². The van der Waals surface area contributed by atoms with E-state index in [0.29, 0.717) is 6.42 Å². The number of nitrogens with zero attached hydrogens (tertiary/aromatic N) is 2. The molecule has 162 valence electrons. The minimum atomic E-state index is -3.86. The number of hydrogen-bond donors (Lipinski definition) is 1. The molecule has 2 aromatic rings. The zero-order valence-corrected chi connectivity index (χ0v) is 18.1. The topological polar surface area (TPSA) is 110 Å². The van der Waals surface area contributed by atoms with Crippen LogP contribution in [0, 0.1) is 10.1 Å². The summed E-state index contributed by atoms with van der Waals surface area (Å²) in [7, 11) is -3.86. The standard InChI is InChI=1S/C21H27N3O5S/c1-4-20(21(25)22-16(2)13-14-17-9-6-5-7-10-17)23(30(3,28)29)18-11-8-12-19(15-18)24(26)27/h5-12,15-16,20H,4,13-14H2,1-3H3,(H,22,25)/t16-,20-/m1/s1. The minimum Gasteiger partial charge on any atom is -0.352 e. The molecule has 8 nitrogen and oxygen atoms in total. The third kappa shape index (κ3) is 6.28. The van der Waals surface area contributed by atoms with Crippen molar-refractivity contribution in [2.24, 2.45) is 0 Å². The monoisotopic (exact) mass is 433 g/mol. The number of nitro groups is 1. The molecule has 0 fully saturated rings. The van der Waals surface area contributed by atoms with Crippen LogP contribution in [0.1, 0.15) is 32.3 Å². The highest BCUT2D eigenvalue weighted by molar-refractivity contribution is 7.92. The summed E-state index contributed by atoms with van der Waals surface area (Å²) in [6.45, 7) is 3.57. The van der Waals surface area contributed by atoms with Gasteiger partial charge in [0.1, 0.15) is 6.04 Å². The smallest absolute Gasteiger partial charge is 0.271 e. The van der Waals surface area contributed by atoms with Gasteiger partial charge in [0.15, 0.2) is 0 Å². The predicted molar refractivity (Wildman–Crippen MR) is 117 cm³/mol. The molecule has 1 amide bonds. The largest absolute Gasteiger partial charge is 0.352 e. The van der Waals surface area contributed by atoms with Crippen LogP contribution in [0.5, 0.6) is 0 Å². The summed E-state index contributed by atoms with van der Waals surface area (Å²) in [5, 5.41) is 14.0. The number of carbonyl (C=O) groups is 1. The number of rotatable bonds is 10. The second-order valence-corrected chi connectivity index (χ2v) is 9.05. The predicted octanol–water partition coefficient (Wildman–Crippen LogP) is 3.28. The van der Waals surface area contributed by atoms with E-state index in [2.05, 4.69) is 5.32 Å². The first kappa shape index (κ1) is 23.3. The van der Waals surface area contributed by atoms with Crippen LogP contribution in [0.4, 0.5) is 11.4 Å². The van der Waals surface area contributed by atoms with Gasteiger partial charge in [0.05, 0.1) is 16.9 Å². The lowest BCUT2D eigenvalue weighted by Crippen LogP contribution is -2.51.